The minimum Gasteiger partial charge on any atom is -0.289 e. The standard InChI is InChI=1S/C21H16F6O/c22-20(23,24)15-5-1-3-13(17(15)11-7-8-11)19(28)14-4-2-6-16(21(25,26)27)18(14)12-9-10-12/h1-6,11-12H,7-10H2. The van der Waals surface area contributed by atoms with Gasteiger partial charge in [-0.3, -0.25) is 4.79 Å². The van der Waals surface area contributed by atoms with Gasteiger partial charge in [0, 0.05) is 11.1 Å². The van der Waals surface area contributed by atoms with Crippen molar-refractivity contribution < 1.29 is 31.1 Å². The second-order valence-electron chi connectivity index (χ2n) is 7.41. The molecule has 28 heavy (non-hydrogen) atoms. The van der Waals surface area contributed by atoms with E-state index < -0.39 is 29.3 Å². The summed E-state index contributed by atoms with van der Waals surface area (Å²) in [6.45, 7) is 0. The van der Waals surface area contributed by atoms with Gasteiger partial charge in [-0.1, -0.05) is 24.3 Å². The molecule has 7 heteroatoms. The van der Waals surface area contributed by atoms with E-state index in [2.05, 4.69) is 0 Å². The summed E-state index contributed by atoms with van der Waals surface area (Å²) in [4.78, 5) is 13.2. The molecule has 0 aromatic heterocycles. The summed E-state index contributed by atoms with van der Waals surface area (Å²) in [5.41, 5.74) is -2.20. The van der Waals surface area contributed by atoms with E-state index in [1.165, 1.54) is 12.1 Å². The van der Waals surface area contributed by atoms with Crippen LogP contribution < -0.4 is 0 Å². The minimum atomic E-state index is -4.62. The van der Waals surface area contributed by atoms with Crippen molar-refractivity contribution in [2.45, 2.75) is 49.9 Å². The number of ketones is 1. The number of carbonyl (C=O) groups is 1. The van der Waals surface area contributed by atoms with Crippen molar-refractivity contribution in [2.75, 3.05) is 0 Å². The lowest BCUT2D eigenvalue weighted by Crippen LogP contribution is -2.17. The van der Waals surface area contributed by atoms with E-state index in [0.717, 1.165) is 24.3 Å². The largest absolute Gasteiger partial charge is 0.416 e. The summed E-state index contributed by atoms with van der Waals surface area (Å²) in [7, 11) is 0. The van der Waals surface area contributed by atoms with Crippen LogP contribution in [0.1, 0.15) is 75.7 Å². The third kappa shape index (κ3) is 3.42. The molecular formula is C21H16F6O. The second-order valence-corrected chi connectivity index (χ2v) is 7.41. The van der Waals surface area contributed by atoms with Crippen molar-refractivity contribution in [1.82, 2.24) is 0 Å². The Balaban J connectivity index is 1.88. The summed E-state index contributed by atoms with van der Waals surface area (Å²) >= 11 is 0. The number of rotatable bonds is 4. The molecule has 0 bridgehead atoms. The van der Waals surface area contributed by atoms with Crippen LogP contribution in [0.4, 0.5) is 26.3 Å². The van der Waals surface area contributed by atoms with Gasteiger partial charge >= 0.3 is 12.4 Å². The van der Waals surface area contributed by atoms with E-state index in [1.807, 2.05) is 0 Å². The average molecular weight is 398 g/mol. The molecule has 0 amide bonds. The Bertz CT molecular complexity index is 857. The maximum absolute atomic E-state index is 13.5. The fourth-order valence-corrected chi connectivity index (χ4v) is 3.79. The molecule has 0 aliphatic heterocycles. The van der Waals surface area contributed by atoms with Crippen LogP contribution in [-0.4, -0.2) is 5.78 Å². The van der Waals surface area contributed by atoms with Crippen molar-refractivity contribution in [3.63, 3.8) is 0 Å². The van der Waals surface area contributed by atoms with Gasteiger partial charge < -0.3 is 0 Å². The van der Waals surface area contributed by atoms with E-state index in [9.17, 15) is 31.1 Å². The van der Waals surface area contributed by atoms with Crippen molar-refractivity contribution in [3.05, 3.63) is 69.8 Å². The molecule has 0 atom stereocenters. The van der Waals surface area contributed by atoms with E-state index >= 15 is 0 Å². The second kappa shape index (κ2) is 6.36. The highest BCUT2D eigenvalue weighted by Gasteiger charge is 2.43. The Kier molecular flexibility index (Phi) is 4.32. The number of hydrogen-bond acceptors (Lipinski definition) is 1. The van der Waals surface area contributed by atoms with Crippen LogP contribution in [0.2, 0.25) is 0 Å². The molecule has 2 aliphatic carbocycles. The third-order valence-electron chi connectivity index (χ3n) is 5.28. The summed E-state index contributed by atoms with van der Waals surface area (Å²) in [5.74, 6) is -1.53. The topological polar surface area (TPSA) is 17.1 Å². The highest BCUT2D eigenvalue weighted by Crippen LogP contribution is 2.50. The van der Waals surface area contributed by atoms with Gasteiger partial charge in [0.1, 0.15) is 0 Å². The van der Waals surface area contributed by atoms with Gasteiger partial charge in [0.2, 0.25) is 0 Å². The van der Waals surface area contributed by atoms with Crippen LogP contribution in [0, 0.1) is 0 Å². The first-order valence-corrected chi connectivity index (χ1v) is 9.04. The van der Waals surface area contributed by atoms with Crippen LogP contribution in [0.3, 0.4) is 0 Å². The molecule has 0 heterocycles. The molecule has 0 unspecified atom stereocenters. The Morgan fingerprint density at radius 3 is 1.32 bits per heavy atom. The maximum atomic E-state index is 13.5. The van der Waals surface area contributed by atoms with Gasteiger partial charge in [-0.2, -0.15) is 26.3 Å². The lowest BCUT2D eigenvalue weighted by molar-refractivity contribution is -0.139. The number of alkyl halides is 6. The zero-order valence-corrected chi connectivity index (χ0v) is 14.6. The molecule has 0 N–H and O–H groups in total. The molecule has 2 aromatic carbocycles. The van der Waals surface area contributed by atoms with Crippen molar-refractivity contribution >= 4 is 5.78 Å². The molecule has 2 saturated carbocycles. The van der Waals surface area contributed by atoms with Crippen molar-refractivity contribution in [2.24, 2.45) is 0 Å². The van der Waals surface area contributed by atoms with Gasteiger partial charge in [0.15, 0.2) is 5.78 Å². The smallest absolute Gasteiger partial charge is 0.289 e. The molecule has 4 rings (SSSR count). The highest BCUT2D eigenvalue weighted by atomic mass is 19.4. The lowest BCUT2D eigenvalue weighted by Gasteiger charge is -2.19. The molecule has 2 aromatic rings. The Morgan fingerprint density at radius 2 is 1.04 bits per heavy atom. The highest BCUT2D eigenvalue weighted by molar-refractivity contribution is 6.11. The molecule has 0 spiro atoms. The summed E-state index contributed by atoms with van der Waals surface area (Å²) in [6.07, 6.45) is -7.11. The van der Waals surface area contributed by atoms with Crippen LogP contribution in [0.5, 0.6) is 0 Å². The van der Waals surface area contributed by atoms with Gasteiger partial charge in [-0.15, -0.1) is 0 Å². The maximum Gasteiger partial charge on any atom is 0.416 e. The van der Waals surface area contributed by atoms with E-state index in [-0.39, 0.29) is 34.1 Å². The molecule has 0 radical (unpaired) electrons. The molecule has 1 nitrogen and oxygen atoms in total. The first-order valence-electron chi connectivity index (χ1n) is 9.04. The average Bonchev–Trinajstić information content (AvgIpc) is 3.51. The molecule has 2 aliphatic rings. The number of benzene rings is 2. The van der Waals surface area contributed by atoms with E-state index in [4.69, 9.17) is 0 Å². The summed E-state index contributed by atoms with van der Waals surface area (Å²) in [6, 6.07) is 6.74. The van der Waals surface area contributed by atoms with E-state index in [0.29, 0.717) is 25.7 Å². The Morgan fingerprint density at radius 1 is 0.679 bits per heavy atom. The van der Waals surface area contributed by atoms with Crippen LogP contribution >= 0.6 is 0 Å². The summed E-state index contributed by atoms with van der Waals surface area (Å²) < 4.78 is 80.8. The van der Waals surface area contributed by atoms with E-state index in [1.54, 1.807) is 0 Å². The SMILES string of the molecule is O=C(c1cccc(C(F)(F)F)c1C1CC1)c1cccc(C(F)(F)F)c1C1CC1. The van der Waals surface area contributed by atoms with Crippen molar-refractivity contribution in [3.8, 4) is 0 Å². The van der Waals surface area contributed by atoms with Gasteiger partial charge in [0.25, 0.3) is 0 Å². The third-order valence-corrected chi connectivity index (χ3v) is 5.28. The Labute approximate surface area is 157 Å². The number of carbonyl (C=O) groups excluding carboxylic acids is 1. The summed E-state index contributed by atoms with van der Waals surface area (Å²) in [5, 5.41) is 0. The first-order chi connectivity index (χ1) is 13.1. The van der Waals surface area contributed by atoms with Crippen LogP contribution in [0.15, 0.2) is 36.4 Å². The quantitative estimate of drug-likeness (QED) is 0.413. The van der Waals surface area contributed by atoms with Crippen molar-refractivity contribution in [1.29, 1.82) is 0 Å². The molecule has 0 saturated heterocycles. The predicted octanol–water partition coefficient (Wildman–Crippen LogP) is 6.71. The fraction of sp³-hybridized carbons (Fsp3) is 0.381. The number of halogens is 6. The van der Waals surface area contributed by atoms with Crippen LogP contribution in [-0.2, 0) is 12.4 Å². The zero-order chi connectivity index (χ0) is 20.3. The zero-order valence-electron chi connectivity index (χ0n) is 14.6. The fourth-order valence-electron chi connectivity index (χ4n) is 3.79. The predicted molar refractivity (Wildman–Crippen MR) is 90.3 cm³/mol. The monoisotopic (exact) mass is 398 g/mol. The molecule has 2 fully saturated rings. The van der Waals surface area contributed by atoms with Gasteiger partial charge in [-0.05, 0) is 60.8 Å². The van der Waals surface area contributed by atoms with Gasteiger partial charge in [0.05, 0.1) is 11.1 Å². The molecular weight excluding hydrogens is 382 g/mol. The Hall–Kier alpha value is -2.31. The normalized spacial score (nSPS) is 17.6. The number of hydrogen-bond donors (Lipinski definition) is 0. The van der Waals surface area contributed by atoms with Crippen LogP contribution in [0.25, 0.3) is 0 Å². The lowest BCUT2D eigenvalue weighted by atomic mass is 9.87. The first kappa shape index (κ1) is 19.0. The van der Waals surface area contributed by atoms with Gasteiger partial charge in [-0.25, -0.2) is 0 Å². The molecule has 148 valence electrons. The minimum absolute atomic E-state index is 0.0841.